The molecule has 0 atom stereocenters. The molecule has 5 heteroatoms. The molecular formula is C9H12N4O. The van der Waals surface area contributed by atoms with E-state index in [1.54, 1.807) is 6.20 Å². The lowest BCUT2D eigenvalue weighted by atomic mass is 10.2. The Balaban J connectivity index is 2.46. The van der Waals surface area contributed by atoms with E-state index < -0.39 is 0 Å². The molecule has 0 saturated carbocycles. The third-order valence-corrected chi connectivity index (χ3v) is 1.61. The van der Waals surface area contributed by atoms with Crippen molar-refractivity contribution in [3.8, 4) is 5.88 Å². The zero-order chi connectivity index (χ0) is 10.2. The molecule has 0 saturated heterocycles. The predicted molar refractivity (Wildman–Crippen MR) is 52.1 cm³/mol. The molecule has 0 spiro atoms. The highest BCUT2D eigenvalue weighted by Crippen LogP contribution is 2.22. The first-order valence-electron chi connectivity index (χ1n) is 4.39. The summed E-state index contributed by atoms with van der Waals surface area (Å²) in [5.41, 5.74) is 0.428. The minimum absolute atomic E-state index is 0.265. The summed E-state index contributed by atoms with van der Waals surface area (Å²) >= 11 is 0. The lowest BCUT2D eigenvalue weighted by Gasteiger charge is -2.20. The largest absolute Gasteiger partial charge is 0.471 e. The molecule has 0 aliphatic carbocycles. The molecule has 14 heavy (non-hydrogen) atoms. The number of H-pyrrole nitrogens is 1. The molecule has 2 aromatic heterocycles. The van der Waals surface area contributed by atoms with Crippen LogP contribution in [0, 0.1) is 0 Å². The molecule has 0 aliphatic rings. The third kappa shape index (κ3) is 1.66. The van der Waals surface area contributed by atoms with Gasteiger partial charge in [0.15, 0.2) is 5.65 Å². The van der Waals surface area contributed by atoms with E-state index in [0.717, 1.165) is 5.39 Å². The third-order valence-electron chi connectivity index (χ3n) is 1.61. The quantitative estimate of drug-likeness (QED) is 0.744. The average Bonchev–Trinajstić information content (AvgIpc) is 2.49. The van der Waals surface area contributed by atoms with Gasteiger partial charge in [-0.2, -0.15) is 5.10 Å². The van der Waals surface area contributed by atoms with Gasteiger partial charge in [0.25, 0.3) is 0 Å². The number of ether oxygens (including phenoxy) is 1. The van der Waals surface area contributed by atoms with Gasteiger partial charge in [-0.1, -0.05) is 0 Å². The molecule has 2 aromatic rings. The first-order chi connectivity index (χ1) is 6.56. The minimum atomic E-state index is -0.265. The first kappa shape index (κ1) is 8.93. The molecule has 0 bridgehead atoms. The van der Waals surface area contributed by atoms with Crippen LogP contribution in [0.3, 0.4) is 0 Å². The van der Waals surface area contributed by atoms with Crippen LogP contribution in [0.4, 0.5) is 0 Å². The van der Waals surface area contributed by atoms with Gasteiger partial charge in [0.05, 0.1) is 6.20 Å². The van der Waals surface area contributed by atoms with Crippen LogP contribution in [0.25, 0.3) is 11.0 Å². The minimum Gasteiger partial charge on any atom is -0.471 e. The molecule has 0 fully saturated rings. The standard InChI is InChI=1S/C9H12N4O/c1-9(2,3)14-8-6-4-12-13-7(6)10-5-11-8/h4-5H,1-3H3,(H,10,11,12,13). The van der Waals surface area contributed by atoms with Crippen LogP contribution in [0.1, 0.15) is 20.8 Å². The van der Waals surface area contributed by atoms with Crippen molar-refractivity contribution < 1.29 is 4.74 Å². The monoisotopic (exact) mass is 192 g/mol. The highest BCUT2D eigenvalue weighted by atomic mass is 16.5. The summed E-state index contributed by atoms with van der Waals surface area (Å²) in [7, 11) is 0. The molecule has 1 N–H and O–H groups in total. The predicted octanol–water partition coefficient (Wildman–Crippen LogP) is 1.53. The number of hydrogen-bond acceptors (Lipinski definition) is 4. The SMILES string of the molecule is CC(C)(C)Oc1ncnc2[nH]ncc12. The summed E-state index contributed by atoms with van der Waals surface area (Å²) < 4.78 is 5.66. The number of aromatic amines is 1. The highest BCUT2D eigenvalue weighted by molar-refractivity contribution is 5.78. The molecule has 0 aliphatic heterocycles. The van der Waals surface area contributed by atoms with Gasteiger partial charge in [-0.15, -0.1) is 0 Å². The second-order valence-electron chi connectivity index (χ2n) is 4.03. The van der Waals surface area contributed by atoms with Crippen molar-refractivity contribution in [2.75, 3.05) is 0 Å². The molecule has 0 radical (unpaired) electrons. The van der Waals surface area contributed by atoms with E-state index in [1.807, 2.05) is 20.8 Å². The lowest BCUT2D eigenvalue weighted by molar-refractivity contribution is 0.126. The van der Waals surface area contributed by atoms with Crippen molar-refractivity contribution in [2.45, 2.75) is 26.4 Å². The summed E-state index contributed by atoms with van der Waals surface area (Å²) in [6.07, 6.45) is 3.12. The van der Waals surface area contributed by atoms with Crippen molar-refractivity contribution in [2.24, 2.45) is 0 Å². The van der Waals surface area contributed by atoms with Gasteiger partial charge in [0.1, 0.15) is 17.3 Å². The Labute approximate surface area is 81.5 Å². The van der Waals surface area contributed by atoms with Crippen LogP contribution in [0.15, 0.2) is 12.5 Å². The highest BCUT2D eigenvalue weighted by Gasteiger charge is 2.15. The van der Waals surface area contributed by atoms with Crippen LogP contribution in [-0.2, 0) is 0 Å². The zero-order valence-electron chi connectivity index (χ0n) is 8.40. The second kappa shape index (κ2) is 2.94. The number of aromatic nitrogens is 4. The number of fused-ring (bicyclic) bond motifs is 1. The molecule has 2 rings (SSSR count). The van der Waals surface area contributed by atoms with Crippen LogP contribution in [-0.4, -0.2) is 25.8 Å². The van der Waals surface area contributed by atoms with E-state index in [0.29, 0.717) is 11.5 Å². The Bertz CT molecular complexity index is 443. The van der Waals surface area contributed by atoms with E-state index in [2.05, 4.69) is 20.2 Å². The van der Waals surface area contributed by atoms with E-state index in [-0.39, 0.29) is 5.60 Å². The van der Waals surface area contributed by atoms with E-state index in [9.17, 15) is 0 Å². The topological polar surface area (TPSA) is 63.7 Å². The second-order valence-corrected chi connectivity index (χ2v) is 4.03. The Morgan fingerprint density at radius 2 is 2.07 bits per heavy atom. The molecule has 74 valence electrons. The maximum Gasteiger partial charge on any atom is 0.228 e. The zero-order valence-corrected chi connectivity index (χ0v) is 8.40. The molecule has 2 heterocycles. The Morgan fingerprint density at radius 3 is 2.79 bits per heavy atom. The Morgan fingerprint density at radius 1 is 1.29 bits per heavy atom. The Kier molecular flexibility index (Phi) is 1.87. The van der Waals surface area contributed by atoms with Gasteiger partial charge in [-0.05, 0) is 20.8 Å². The summed E-state index contributed by atoms with van der Waals surface area (Å²) in [5.74, 6) is 0.566. The number of nitrogens with zero attached hydrogens (tertiary/aromatic N) is 3. The molecule has 0 aromatic carbocycles. The van der Waals surface area contributed by atoms with Gasteiger partial charge in [-0.3, -0.25) is 5.10 Å². The number of nitrogens with one attached hydrogen (secondary N) is 1. The number of rotatable bonds is 1. The van der Waals surface area contributed by atoms with Gasteiger partial charge in [-0.25, -0.2) is 9.97 Å². The normalized spacial score (nSPS) is 11.9. The molecule has 5 nitrogen and oxygen atoms in total. The smallest absolute Gasteiger partial charge is 0.228 e. The van der Waals surface area contributed by atoms with Gasteiger partial charge in [0, 0.05) is 0 Å². The average molecular weight is 192 g/mol. The summed E-state index contributed by atoms with van der Waals surface area (Å²) in [6, 6.07) is 0. The van der Waals surface area contributed by atoms with Crippen molar-refractivity contribution in [3.05, 3.63) is 12.5 Å². The van der Waals surface area contributed by atoms with Crippen LogP contribution in [0.2, 0.25) is 0 Å². The number of hydrogen-bond donors (Lipinski definition) is 1. The summed E-state index contributed by atoms with van der Waals surface area (Å²) in [4.78, 5) is 8.09. The summed E-state index contributed by atoms with van der Waals surface area (Å²) in [5, 5.41) is 7.46. The van der Waals surface area contributed by atoms with Gasteiger partial charge < -0.3 is 4.74 Å². The van der Waals surface area contributed by atoms with Crippen molar-refractivity contribution in [3.63, 3.8) is 0 Å². The van der Waals surface area contributed by atoms with Gasteiger partial charge >= 0.3 is 0 Å². The van der Waals surface area contributed by atoms with E-state index >= 15 is 0 Å². The maximum absolute atomic E-state index is 5.66. The maximum atomic E-state index is 5.66. The fraction of sp³-hybridized carbons (Fsp3) is 0.444. The van der Waals surface area contributed by atoms with Crippen LogP contribution < -0.4 is 4.74 Å². The van der Waals surface area contributed by atoms with Crippen molar-refractivity contribution in [1.29, 1.82) is 0 Å². The van der Waals surface area contributed by atoms with Crippen molar-refractivity contribution in [1.82, 2.24) is 20.2 Å². The fourth-order valence-corrected chi connectivity index (χ4v) is 1.11. The van der Waals surface area contributed by atoms with Crippen LogP contribution in [0.5, 0.6) is 5.88 Å². The van der Waals surface area contributed by atoms with Crippen molar-refractivity contribution >= 4 is 11.0 Å². The van der Waals surface area contributed by atoms with Gasteiger partial charge in [0.2, 0.25) is 5.88 Å². The molecular weight excluding hydrogens is 180 g/mol. The fourth-order valence-electron chi connectivity index (χ4n) is 1.11. The summed E-state index contributed by atoms with van der Waals surface area (Å²) in [6.45, 7) is 5.92. The first-order valence-corrected chi connectivity index (χ1v) is 4.39. The lowest BCUT2D eigenvalue weighted by Crippen LogP contribution is -2.23. The van der Waals surface area contributed by atoms with E-state index in [4.69, 9.17) is 4.74 Å². The van der Waals surface area contributed by atoms with E-state index in [1.165, 1.54) is 6.33 Å². The molecule has 0 amide bonds. The van der Waals surface area contributed by atoms with Crippen LogP contribution >= 0.6 is 0 Å². The Hall–Kier alpha value is -1.65. The molecule has 0 unspecified atom stereocenters.